The number of hydrogen-bond acceptors (Lipinski definition) is 3. The van der Waals surface area contributed by atoms with Gasteiger partial charge in [-0.05, 0) is 18.2 Å². The minimum Gasteiger partial charge on any atom is -0.480 e. The summed E-state index contributed by atoms with van der Waals surface area (Å²) in [6.45, 7) is 0.179. The number of halogens is 2. The van der Waals surface area contributed by atoms with Gasteiger partial charge < -0.3 is 20.5 Å². The van der Waals surface area contributed by atoms with Crippen molar-refractivity contribution >= 4 is 29.3 Å². The fourth-order valence-corrected chi connectivity index (χ4v) is 1.57. The molecule has 0 saturated carbocycles. The number of carbonyl (C=O) groups excluding carboxylic acids is 1. The zero-order chi connectivity index (χ0) is 15.1. The molecule has 0 radical (unpaired) electrons. The third-order valence-corrected chi connectivity index (χ3v) is 2.72. The smallest absolute Gasteiger partial charge is 0.326 e. The second kappa shape index (κ2) is 7.66. The van der Waals surface area contributed by atoms with Gasteiger partial charge in [0.1, 0.15) is 11.9 Å². The van der Waals surface area contributed by atoms with Gasteiger partial charge in [0.2, 0.25) is 0 Å². The van der Waals surface area contributed by atoms with Crippen LogP contribution in [0.4, 0.5) is 14.9 Å². The maximum absolute atomic E-state index is 13.0. The van der Waals surface area contributed by atoms with E-state index in [0.717, 1.165) is 12.1 Å². The van der Waals surface area contributed by atoms with E-state index in [-0.39, 0.29) is 23.7 Å². The maximum Gasteiger partial charge on any atom is 0.326 e. The van der Waals surface area contributed by atoms with Gasteiger partial charge in [-0.3, -0.25) is 0 Å². The molecule has 0 aliphatic heterocycles. The molecule has 1 atom stereocenters. The Labute approximate surface area is 119 Å². The lowest BCUT2D eigenvalue weighted by Crippen LogP contribution is -2.43. The lowest BCUT2D eigenvalue weighted by molar-refractivity contribution is -0.139. The van der Waals surface area contributed by atoms with Gasteiger partial charge >= 0.3 is 12.0 Å². The normalized spacial score (nSPS) is 11.8. The monoisotopic (exact) mass is 304 g/mol. The molecular weight excluding hydrogens is 291 g/mol. The molecule has 20 heavy (non-hydrogen) atoms. The molecule has 8 heteroatoms. The second-order valence-corrected chi connectivity index (χ2v) is 4.30. The number of aliphatic carboxylic acids is 1. The highest BCUT2D eigenvalue weighted by Gasteiger charge is 2.20. The Morgan fingerprint density at radius 3 is 2.80 bits per heavy atom. The van der Waals surface area contributed by atoms with Gasteiger partial charge in [0.05, 0.1) is 10.7 Å². The zero-order valence-electron chi connectivity index (χ0n) is 10.7. The summed E-state index contributed by atoms with van der Waals surface area (Å²) >= 11 is 5.78. The van der Waals surface area contributed by atoms with Gasteiger partial charge in [0, 0.05) is 20.1 Å². The summed E-state index contributed by atoms with van der Waals surface area (Å²) in [4.78, 5) is 22.6. The fourth-order valence-electron chi connectivity index (χ4n) is 1.40. The van der Waals surface area contributed by atoms with Gasteiger partial charge in [0.15, 0.2) is 0 Å². The highest BCUT2D eigenvalue weighted by Crippen LogP contribution is 2.22. The van der Waals surface area contributed by atoms with Gasteiger partial charge in [-0.1, -0.05) is 11.6 Å². The van der Waals surface area contributed by atoms with Crippen molar-refractivity contribution in [1.82, 2.24) is 5.32 Å². The highest BCUT2D eigenvalue weighted by atomic mass is 35.5. The summed E-state index contributed by atoms with van der Waals surface area (Å²) in [6.07, 6.45) is 0.107. The Balaban J connectivity index is 2.65. The number of carboxylic acids is 1. The number of methoxy groups -OCH3 is 1. The lowest BCUT2D eigenvalue weighted by Gasteiger charge is -2.15. The van der Waals surface area contributed by atoms with Crippen LogP contribution in [0, 0.1) is 5.82 Å². The molecule has 6 nitrogen and oxygen atoms in total. The number of carbonyl (C=O) groups is 2. The largest absolute Gasteiger partial charge is 0.480 e. The van der Waals surface area contributed by atoms with Crippen molar-refractivity contribution in [2.75, 3.05) is 19.0 Å². The Hall–Kier alpha value is -1.86. The molecule has 2 amide bonds. The van der Waals surface area contributed by atoms with Crippen LogP contribution in [0.5, 0.6) is 0 Å². The van der Waals surface area contributed by atoms with Crippen LogP contribution in [0.25, 0.3) is 0 Å². The van der Waals surface area contributed by atoms with Crippen molar-refractivity contribution in [2.45, 2.75) is 12.5 Å². The Bertz CT molecular complexity index is 498. The van der Waals surface area contributed by atoms with Crippen LogP contribution >= 0.6 is 11.6 Å². The first-order valence-electron chi connectivity index (χ1n) is 5.68. The summed E-state index contributed by atoms with van der Waals surface area (Å²) in [6, 6.07) is 1.56. The molecule has 0 aliphatic carbocycles. The van der Waals surface area contributed by atoms with Gasteiger partial charge in [0.25, 0.3) is 0 Å². The Morgan fingerprint density at radius 2 is 2.20 bits per heavy atom. The van der Waals surface area contributed by atoms with Gasteiger partial charge in [-0.2, -0.15) is 0 Å². The van der Waals surface area contributed by atoms with Gasteiger partial charge in [-0.25, -0.2) is 14.0 Å². The molecule has 0 saturated heterocycles. The molecule has 1 rings (SSSR count). The quantitative estimate of drug-likeness (QED) is 0.751. The van der Waals surface area contributed by atoms with E-state index in [1.54, 1.807) is 0 Å². The number of hydrogen-bond donors (Lipinski definition) is 3. The molecule has 0 spiro atoms. The van der Waals surface area contributed by atoms with Crippen LogP contribution in [0.2, 0.25) is 5.02 Å². The van der Waals surface area contributed by atoms with E-state index in [1.807, 2.05) is 0 Å². The molecule has 1 aromatic carbocycles. The molecule has 1 unspecified atom stereocenters. The fraction of sp³-hybridized carbons (Fsp3) is 0.333. The Kier molecular flexibility index (Phi) is 6.20. The average Bonchev–Trinajstić information content (AvgIpc) is 2.38. The summed E-state index contributed by atoms with van der Waals surface area (Å²) in [5.41, 5.74) is 0.0556. The van der Waals surface area contributed by atoms with Crippen molar-refractivity contribution in [1.29, 1.82) is 0 Å². The third-order valence-electron chi connectivity index (χ3n) is 2.39. The molecule has 0 aliphatic rings. The van der Waals surface area contributed by atoms with E-state index >= 15 is 0 Å². The second-order valence-electron chi connectivity index (χ2n) is 3.89. The number of nitrogens with one attached hydrogen (secondary N) is 2. The van der Waals surface area contributed by atoms with E-state index in [0.29, 0.717) is 0 Å². The van der Waals surface area contributed by atoms with Crippen LogP contribution in [-0.2, 0) is 9.53 Å². The topological polar surface area (TPSA) is 87.7 Å². The third kappa shape index (κ3) is 5.02. The van der Waals surface area contributed by atoms with Crippen LogP contribution in [0.3, 0.4) is 0 Å². The summed E-state index contributed by atoms with van der Waals surface area (Å²) in [5, 5.41) is 13.6. The van der Waals surface area contributed by atoms with Crippen molar-refractivity contribution < 1.29 is 23.8 Å². The van der Waals surface area contributed by atoms with Crippen molar-refractivity contribution in [2.24, 2.45) is 0 Å². The number of anilines is 1. The van der Waals surface area contributed by atoms with Crippen molar-refractivity contribution in [3.05, 3.63) is 29.0 Å². The first-order chi connectivity index (χ1) is 9.43. The van der Waals surface area contributed by atoms with E-state index in [9.17, 15) is 14.0 Å². The first kappa shape index (κ1) is 16.2. The maximum atomic E-state index is 13.0. The molecule has 3 N–H and O–H groups in total. The van der Waals surface area contributed by atoms with E-state index in [1.165, 1.54) is 13.2 Å². The first-order valence-corrected chi connectivity index (χ1v) is 6.06. The molecule has 1 aromatic rings. The zero-order valence-corrected chi connectivity index (χ0v) is 11.4. The lowest BCUT2D eigenvalue weighted by atomic mass is 10.2. The van der Waals surface area contributed by atoms with E-state index in [4.69, 9.17) is 21.4 Å². The molecule has 0 bridgehead atoms. The summed E-state index contributed by atoms with van der Waals surface area (Å²) in [7, 11) is 1.42. The predicted octanol–water partition coefficient (Wildman–Crippen LogP) is 2.09. The van der Waals surface area contributed by atoms with Crippen LogP contribution in [0.15, 0.2) is 18.2 Å². The number of ether oxygens (including phenoxy) is 1. The van der Waals surface area contributed by atoms with E-state index < -0.39 is 23.9 Å². The molecule has 0 aromatic heterocycles. The van der Waals surface area contributed by atoms with Crippen LogP contribution in [0.1, 0.15) is 6.42 Å². The van der Waals surface area contributed by atoms with E-state index in [2.05, 4.69) is 10.6 Å². The minimum absolute atomic E-state index is 0.0556. The number of amides is 2. The molecular formula is C12H14ClFN2O4. The number of rotatable bonds is 6. The predicted molar refractivity (Wildman–Crippen MR) is 71.5 cm³/mol. The van der Waals surface area contributed by atoms with Crippen molar-refractivity contribution in [3.8, 4) is 0 Å². The van der Waals surface area contributed by atoms with Crippen LogP contribution < -0.4 is 10.6 Å². The van der Waals surface area contributed by atoms with Crippen molar-refractivity contribution in [3.63, 3.8) is 0 Å². The number of benzene rings is 1. The SMILES string of the molecule is COCCC(NC(=O)Nc1cc(F)ccc1Cl)C(=O)O. The summed E-state index contributed by atoms with van der Waals surface area (Å²) in [5.74, 6) is -1.76. The standard InChI is InChI=1S/C12H14ClFN2O4/c1-20-5-4-9(11(17)18)15-12(19)16-10-6-7(14)2-3-8(10)13/h2-3,6,9H,4-5H2,1H3,(H,17,18)(H2,15,16,19). The molecule has 110 valence electrons. The van der Waals surface area contributed by atoms with Gasteiger partial charge in [-0.15, -0.1) is 0 Å². The summed E-state index contributed by atoms with van der Waals surface area (Å²) < 4.78 is 17.8. The average molecular weight is 305 g/mol. The number of urea groups is 1. The minimum atomic E-state index is -1.19. The Morgan fingerprint density at radius 1 is 1.50 bits per heavy atom. The number of carboxylic acid groups (broad SMARTS) is 1. The molecule has 0 heterocycles. The highest BCUT2D eigenvalue weighted by molar-refractivity contribution is 6.33. The molecule has 0 fully saturated rings. The van der Waals surface area contributed by atoms with Crippen LogP contribution in [-0.4, -0.2) is 36.9 Å².